The Kier molecular flexibility index (Phi) is 7.41. The minimum atomic E-state index is 0.461. The molecule has 0 spiro atoms. The van der Waals surface area contributed by atoms with Crippen LogP contribution in [0.5, 0.6) is 11.5 Å². The van der Waals surface area contributed by atoms with Gasteiger partial charge >= 0.3 is 0 Å². The van der Waals surface area contributed by atoms with Gasteiger partial charge in [-0.15, -0.1) is 0 Å². The molecule has 0 heterocycles. The summed E-state index contributed by atoms with van der Waals surface area (Å²) in [5.41, 5.74) is 2.22. The Bertz CT molecular complexity index is 643. The molecular formula is C20H26ClNO2. The van der Waals surface area contributed by atoms with Crippen LogP contribution in [-0.2, 0) is 13.2 Å². The molecule has 0 aromatic heterocycles. The molecule has 4 heteroatoms. The van der Waals surface area contributed by atoms with Crippen LogP contribution in [0.2, 0.25) is 5.02 Å². The summed E-state index contributed by atoms with van der Waals surface area (Å²) in [5.74, 6) is 2.21. The zero-order valence-corrected chi connectivity index (χ0v) is 15.4. The quantitative estimate of drug-likeness (QED) is 0.643. The predicted molar refractivity (Wildman–Crippen MR) is 99.9 cm³/mol. The molecule has 0 saturated carbocycles. The van der Waals surface area contributed by atoms with Gasteiger partial charge < -0.3 is 14.8 Å². The van der Waals surface area contributed by atoms with Crippen LogP contribution in [0, 0.1) is 5.92 Å². The van der Waals surface area contributed by atoms with Gasteiger partial charge in [0.25, 0.3) is 0 Å². The third kappa shape index (κ3) is 6.06. The van der Waals surface area contributed by atoms with E-state index in [0.29, 0.717) is 17.5 Å². The van der Waals surface area contributed by atoms with Crippen molar-refractivity contribution in [3.63, 3.8) is 0 Å². The molecule has 0 saturated heterocycles. The summed E-state index contributed by atoms with van der Waals surface area (Å²) in [6, 6.07) is 13.7. The summed E-state index contributed by atoms with van der Waals surface area (Å²) in [7, 11) is 1.66. The highest BCUT2D eigenvalue weighted by atomic mass is 35.5. The van der Waals surface area contributed by atoms with Gasteiger partial charge in [0, 0.05) is 11.6 Å². The molecule has 0 unspecified atom stereocenters. The van der Waals surface area contributed by atoms with E-state index in [0.717, 1.165) is 30.2 Å². The summed E-state index contributed by atoms with van der Waals surface area (Å²) in [6.07, 6.45) is 1.18. The molecule has 0 bridgehead atoms. The van der Waals surface area contributed by atoms with Crippen LogP contribution in [0.4, 0.5) is 0 Å². The molecule has 2 rings (SSSR count). The third-order valence-corrected chi connectivity index (χ3v) is 3.97. The molecular weight excluding hydrogens is 322 g/mol. The van der Waals surface area contributed by atoms with E-state index in [4.69, 9.17) is 21.1 Å². The highest BCUT2D eigenvalue weighted by Gasteiger charge is 2.07. The average Bonchev–Trinajstić information content (AvgIpc) is 2.57. The highest BCUT2D eigenvalue weighted by molar-refractivity contribution is 6.30. The summed E-state index contributed by atoms with van der Waals surface area (Å²) in [6.45, 7) is 6.78. The van der Waals surface area contributed by atoms with Gasteiger partial charge in [0.2, 0.25) is 0 Å². The Morgan fingerprint density at radius 2 is 1.88 bits per heavy atom. The van der Waals surface area contributed by atoms with Crippen LogP contribution in [0.1, 0.15) is 31.4 Å². The standard InChI is InChI=1S/C20H26ClNO2/c1-15(2)9-10-22-13-16-7-8-19(20(12-16)23-3)24-14-17-5-4-6-18(21)11-17/h4-8,11-12,15,22H,9-10,13-14H2,1-3H3. The average molecular weight is 348 g/mol. The Morgan fingerprint density at radius 3 is 2.58 bits per heavy atom. The molecule has 0 amide bonds. The lowest BCUT2D eigenvalue weighted by Crippen LogP contribution is -2.16. The lowest BCUT2D eigenvalue weighted by atomic mass is 10.1. The molecule has 0 aliphatic heterocycles. The second kappa shape index (κ2) is 9.55. The number of hydrogen-bond donors (Lipinski definition) is 1. The molecule has 0 aliphatic rings. The van der Waals surface area contributed by atoms with Crippen molar-refractivity contribution in [2.24, 2.45) is 5.92 Å². The molecule has 0 fully saturated rings. The van der Waals surface area contributed by atoms with Gasteiger partial charge in [-0.2, -0.15) is 0 Å². The lowest BCUT2D eigenvalue weighted by molar-refractivity contribution is 0.284. The molecule has 0 aliphatic carbocycles. The van der Waals surface area contributed by atoms with E-state index in [9.17, 15) is 0 Å². The number of methoxy groups -OCH3 is 1. The summed E-state index contributed by atoms with van der Waals surface area (Å²) >= 11 is 6.00. The Hall–Kier alpha value is -1.71. The zero-order chi connectivity index (χ0) is 17.4. The van der Waals surface area contributed by atoms with Gasteiger partial charge in [-0.05, 0) is 54.3 Å². The van der Waals surface area contributed by atoms with Crippen molar-refractivity contribution in [2.45, 2.75) is 33.4 Å². The van der Waals surface area contributed by atoms with Crippen molar-refractivity contribution < 1.29 is 9.47 Å². The van der Waals surface area contributed by atoms with Crippen molar-refractivity contribution in [1.82, 2.24) is 5.32 Å². The zero-order valence-electron chi connectivity index (χ0n) is 14.6. The van der Waals surface area contributed by atoms with E-state index in [-0.39, 0.29) is 0 Å². The number of ether oxygens (including phenoxy) is 2. The van der Waals surface area contributed by atoms with Crippen molar-refractivity contribution in [1.29, 1.82) is 0 Å². The fraction of sp³-hybridized carbons (Fsp3) is 0.400. The fourth-order valence-electron chi connectivity index (χ4n) is 2.35. The highest BCUT2D eigenvalue weighted by Crippen LogP contribution is 2.29. The van der Waals surface area contributed by atoms with Crippen molar-refractivity contribution in [2.75, 3.05) is 13.7 Å². The SMILES string of the molecule is COc1cc(CNCCC(C)C)ccc1OCc1cccc(Cl)c1. The van der Waals surface area contributed by atoms with E-state index in [1.54, 1.807) is 7.11 Å². The van der Waals surface area contributed by atoms with Crippen LogP contribution < -0.4 is 14.8 Å². The van der Waals surface area contributed by atoms with E-state index in [1.807, 2.05) is 36.4 Å². The van der Waals surface area contributed by atoms with Crippen molar-refractivity contribution in [3.8, 4) is 11.5 Å². The van der Waals surface area contributed by atoms with Gasteiger partial charge in [-0.3, -0.25) is 0 Å². The maximum Gasteiger partial charge on any atom is 0.161 e. The maximum atomic E-state index is 6.00. The van der Waals surface area contributed by atoms with E-state index < -0.39 is 0 Å². The first-order valence-electron chi connectivity index (χ1n) is 8.33. The van der Waals surface area contributed by atoms with Gasteiger partial charge in [0.1, 0.15) is 6.61 Å². The van der Waals surface area contributed by atoms with Gasteiger partial charge in [0.05, 0.1) is 7.11 Å². The number of rotatable bonds is 9. The smallest absolute Gasteiger partial charge is 0.161 e. The molecule has 2 aromatic rings. The minimum absolute atomic E-state index is 0.461. The second-order valence-electron chi connectivity index (χ2n) is 6.26. The van der Waals surface area contributed by atoms with Crippen LogP contribution in [0.3, 0.4) is 0 Å². The third-order valence-electron chi connectivity index (χ3n) is 3.74. The van der Waals surface area contributed by atoms with Crippen molar-refractivity contribution in [3.05, 3.63) is 58.6 Å². The molecule has 0 atom stereocenters. The second-order valence-corrected chi connectivity index (χ2v) is 6.70. The Morgan fingerprint density at radius 1 is 1.04 bits per heavy atom. The molecule has 3 nitrogen and oxygen atoms in total. The summed E-state index contributed by atoms with van der Waals surface area (Å²) in [4.78, 5) is 0. The van der Waals surface area contributed by atoms with Crippen LogP contribution >= 0.6 is 11.6 Å². The molecule has 130 valence electrons. The normalized spacial score (nSPS) is 10.9. The van der Waals surface area contributed by atoms with Gasteiger partial charge in [-0.25, -0.2) is 0 Å². The summed E-state index contributed by atoms with van der Waals surface area (Å²) in [5, 5.41) is 4.17. The monoisotopic (exact) mass is 347 g/mol. The van der Waals surface area contributed by atoms with E-state index in [1.165, 1.54) is 12.0 Å². The molecule has 0 radical (unpaired) electrons. The minimum Gasteiger partial charge on any atom is -0.493 e. The molecule has 24 heavy (non-hydrogen) atoms. The number of benzene rings is 2. The topological polar surface area (TPSA) is 30.5 Å². The lowest BCUT2D eigenvalue weighted by Gasteiger charge is -2.13. The van der Waals surface area contributed by atoms with Crippen molar-refractivity contribution >= 4 is 11.6 Å². The number of nitrogens with one attached hydrogen (secondary N) is 1. The fourth-order valence-corrected chi connectivity index (χ4v) is 2.57. The van der Waals surface area contributed by atoms with Crippen LogP contribution in [0.25, 0.3) is 0 Å². The first-order chi connectivity index (χ1) is 11.6. The number of halogens is 1. The van der Waals surface area contributed by atoms with Crippen LogP contribution in [-0.4, -0.2) is 13.7 Å². The largest absolute Gasteiger partial charge is 0.493 e. The first-order valence-corrected chi connectivity index (χ1v) is 8.71. The van der Waals surface area contributed by atoms with E-state index >= 15 is 0 Å². The predicted octanol–water partition coefficient (Wildman–Crippen LogP) is 5.06. The molecule has 1 N–H and O–H groups in total. The van der Waals surface area contributed by atoms with E-state index in [2.05, 4.69) is 25.2 Å². The Balaban J connectivity index is 1.93. The maximum absolute atomic E-state index is 6.00. The Labute approximate surface area is 149 Å². The van der Waals surface area contributed by atoms with Gasteiger partial charge in [0.15, 0.2) is 11.5 Å². The molecule has 2 aromatic carbocycles. The summed E-state index contributed by atoms with van der Waals surface area (Å²) < 4.78 is 11.3. The van der Waals surface area contributed by atoms with Gasteiger partial charge in [-0.1, -0.05) is 43.6 Å². The van der Waals surface area contributed by atoms with Crippen LogP contribution in [0.15, 0.2) is 42.5 Å². The number of hydrogen-bond acceptors (Lipinski definition) is 3. The first kappa shape index (κ1) is 18.6.